The van der Waals surface area contributed by atoms with Crippen molar-refractivity contribution in [3.05, 3.63) is 131 Å². The number of nitrogen functional groups attached to an aromatic ring is 1. The molecule has 0 spiro atoms. The second-order valence-electron chi connectivity index (χ2n) is 8.29. The van der Waals surface area contributed by atoms with Crippen LogP contribution >= 0.6 is 0 Å². The van der Waals surface area contributed by atoms with Gasteiger partial charge in [-0.3, -0.25) is 9.36 Å². The summed E-state index contributed by atoms with van der Waals surface area (Å²) >= 11 is 0. The van der Waals surface area contributed by atoms with Crippen LogP contribution in [-0.2, 0) is 19.6 Å². The third-order valence-electron chi connectivity index (χ3n) is 6.09. The van der Waals surface area contributed by atoms with E-state index in [0.29, 0.717) is 22.8 Å². The van der Waals surface area contributed by atoms with E-state index in [4.69, 9.17) is 11.0 Å². The van der Waals surface area contributed by atoms with Crippen LogP contribution in [-0.4, -0.2) is 19.6 Å². The number of nitrogens with one attached hydrogen (secondary N) is 1. The zero-order valence-electron chi connectivity index (χ0n) is 20.6. The molecule has 0 bridgehead atoms. The number of nitrogens with zero attached hydrogens (tertiary/aromatic N) is 6. The van der Waals surface area contributed by atoms with Crippen LogP contribution < -0.4 is 11.1 Å². The Balaban J connectivity index is 0.000000341. The topological polar surface area (TPSA) is 121 Å². The first kappa shape index (κ1) is 27.3. The molecule has 2 heterocycles. The number of rotatable bonds is 5. The third-order valence-corrected chi connectivity index (χ3v) is 6.09. The van der Waals surface area contributed by atoms with Crippen LogP contribution in [0.4, 0.5) is 11.6 Å². The summed E-state index contributed by atoms with van der Waals surface area (Å²) in [6, 6.07) is 35.0. The molecule has 190 valence electrons. The Morgan fingerprint density at radius 2 is 1.08 bits per heavy atom. The number of benzene rings is 3. The van der Waals surface area contributed by atoms with E-state index < -0.39 is 5.54 Å². The van der Waals surface area contributed by atoms with Gasteiger partial charge in [-0.25, -0.2) is 0 Å². The Bertz CT molecular complexity index is 1440. The highest BCUT2D eigenvalue weighted by molar-refractivity contribution is 5.62. The minimum Gasteiger partial charge on any atom is -0.383 e. The van der Waals surface area contributed by atoms with Crippen molar-refractivity contribution in [1.82, 2.24) is 19.6 Å². The highest BCUT2D eigenvalue weighted by Gasteiger charge is 2.37. The molecule has 0 amide bonds. The minimum absolute atomic E-state index is 0. The van der Waals surface area contributed by atoms with Crippen LogP contribution in [0.15, 0.2) is 103 Å². The van der Waals surface area contributed by atoms with Crippen molar-refractivity contribution in [1.29, 1.82) is 10.5 Å². The largest absolute Gasteiger partial charge is 0.383 e. The standard InChI is InChI=1S/C24H20N4.C5H6N4.CH4/c1-28-23(19(17-25)18-26-28)27-24(20-11-5-2-6-12-20,21-13-7-3-8-14-21)22-15-9-4-10-16-22;1-9-5(7)4(2-6)3-8-9;/h2-16,18,27H,1H3;3H,7H2,1H3;1H4. The lowest BCUT2D eigenvalue weighted by atomic mass is 9.77. The van der Waals surface area contributed by atoms with Crippen LogP contribution in [0.25, 0.3) is 0 Å². The van der Waals surface area contributed by atoms with Gasteiger partial charge in [0.05, 0.1) is 12.4 Å². The van der Waals surface area contributed by atoms with Gasteiger partial charge in [-0.1, -0.05) is 98.4 Å². The molecule has 0 aliphatic heterocycles. The summed E-state index contributed by atoms with van der Waals surface area (Å²) in [5.41, 5.74) is 8.89. The second-order valence-corrected chi connectivity index (χ2v) is 8.29. The lowest BCUT2D eigenvalue weighted by Gasteiger charge is -2.37. The molecular formula is C30H30N8. The Labute approximate surface area is 223 Å². The van der Waals surface area contributed by atoms with E-state index in [0.717, 1.165) is 16.7 Å². The monoisotopic (exact) mass is 502 g/mol. The van der Waals surface area contributed by atoms with Gasteiger partial charge in [0.25, 0.3) is 0 Å². The van der Waals surface area contributed by atoms with Crippen LogP contribution in [0.3, 0.4) is 0 Å². The maximum absolute atomic E-state index is 9.60. The van der Waals surface area contributed by atoms with Gasteiger partial charge in [0.15, 0.2) is 0 Å². The van der Waals surface area contributed by atoms with Gasteiger partial charge in [-0.05, 0) is 16.7 Å². The van der Waals surface area contributed by atoms with Gasteiger partial charge >= 0.3 is 0 Å². The molecule has 2 aromatic heterocycles. The number of aryl methyl sites for hydroxylation is 2. The molecule has 8 heteroatoms. The number of nitrogens with two attached hydrogens (primary N) is 1. The van der Waals surface area contributed by atoms with Gasteiger partial charge < -0.3 is 11.1 Å². The lowest BCUT2D eigenvalue weighted by molar-refractivity contribution is 0.678. The van der Waals surface area contributed by atoms with Crippen LogP contribution in [0.5, 0.6) is 0 Å². The first-order valence-corrected chi connectivity index (χ1v) is 11.6. The molecule has 8 nitrogen and oxygen atoms in total. The Morgan fingerprint density at radius 3 is 1.42 bits per heavy atom. The normalized spacial score (nSPS) is 10.2. The predicted octanol–water partition coefficient (Wildman–Crippen LogP) is 5.21. The summed E-state index contributed by atoms with van der Waals surface area (Å²) in [7, 11) is 3.53. The zero-order valence-corrected chi connectivity index (χ0v) is 20.6. The summed E-state index contributed by atoms with van der Waals surface area (Å²) in [6.45, 7) is 0. The number of hydrogen-bond acceptors (Lipinski definition) is 6. The van der Waals surface area contributed by atoms with Gasteiger partial charge in [0, 0.05) is 14.1 Å². The Kier molecular flexibility index (Phi) is 8.65. The molecule has 0 saturated heterocycles. The molecule has 0 aliphatic rings. The summed E-state index contributed by atoms with van der Waals surface area (Å²) in [4.78, 5) is 0. The number of aromatic nitrogens is 4. The summed E-state index contributed by atoms with van der Waals surface area (Å²) in [6.07, 6.45) is 3.03. The van der Waals surface area contributed by atoms with Crippen molar-refractivity contribution >= 4 is 11.6 Å². The lowest BCUT2D eigenvalue weighted by Crippen LogP contribution is -2.39. The maximum atomic E-state index is 9.60. The van der Waals surface area contributed by atoms with Crippen LogP contribution in [0.1, 0.15) is 35.2 Å². The summed E-state index contributed by atoms with van der Waals surface area (Å²) in [5, 5.41) is 29.7. The van der Waals surface area contributed by atoms with Crippen LogP contribution in [0, 0.1) is 22.7 Å². The highest BCUT2D eigenvalue weighted by Crippen LogP contribution is 2.40. The fraction of sp³-hybridized carbons (Fsp3) is 0.133. The van der Waals surface area contributed by atoms with Crippen molar-refractivity contribution in [2.45, 2.75) is 13.0 Å². The smallest absolute Gasteiger partial charge is 0.143 e. The van der Waals surface area contributed by atoms with E-state index in [2.05, 4.69) is 58.0 Å². The van der Waals surface area contributed by atoms with Crippen molar-refractivity contribution < 1.29 is 0 Å². The van der Waals surface area contributed by atoms with Crippen molar-refractivity contribution in [2.75, 3.05) is 11.1 Å². The maximum Gasteiger partial charge on any atom is 0.143 e. The van der Waals surface area contributed by atoms with E-state index in [1.54, 1.807) is 17.9 Å². The molecule has 5 rings (SSSR count). The molecule has 0 radical (unpaired) electrons. The van der Waals surface area contributed by atoms with Crippen molar-refractivity contribution in [2.24, 2.45) is 14.1 Å². The second kappa shape index (κ2) is 12.1. The fourth-order valence-corrected chi connectivity index (χ4v) is 4.16. The predicted molar refractivity (Wildman–Crippen MR) is 150 cm³/mol. The Morgan fingerprint density at radius 1 is 0.684 bits per heavy atom. The average molecular weight is 503 g/mol. The molecule has 0 aliphatic carbocycles. The van der Waals surface area contributed by atoms with Gasteiger partial charge in [-0.2, -0.15) is 20.7 Å². The summed E-state index contributed by atoms with van der Waals surface area (Å²) in [5.74, 6) is 1.09. The quantitative estimate of drug-likeness (QED) is 0.318. The van der Waals surface area contributed by atoms with E-state index in [9.17, 15) is 5.26 Å². The molecule has 38 heavy (non-hydrogen) atoms. The summed E-state index contributed by atoms with van der Waals surface area (Å²) < 4.78 is 3.17. The zero-order chi connectivity index (χ0) is 26.3. The van der Waals surface area contributed by atoms with Gasteiger partial charge in [0.1, 0.15) is 40.4 Å². The van der Waals surface area contributed by atoms with Crippen molar-refractivity contribution in [3.63, 3.8) is 0 Å². The number of anilines is 2. The molecular weight excluding hydrogens is 472 g/mol. The van der Waals surface area contributed by atoms with E-state index >= 15 is 0 Å². The molecule has 5 aromatic rings. The molecule has 0 atom stereocenters. The molecule has 3 N–H and O–H groups in total. The molecule has 0 fully saturated rings. The number of nitriles is 2. The fourth-order valence-electron chi connectivity index (χ4n) is 4.16. The SMILES string of the molecule is C.Cn1ncc(C#N)c1N.Cn1ncc(C#N)c1NC(c1ccccc1)(c1ccccc1)c1ccccc1. The van der Waals surface area contributed by atoms with E-state index in [1.165, 1.54) is 10.9 Å². The minimum atomic E-state index is -0.677. The average Bonchev–Trinajstić information content (AvgIpc) is 3.48. The number of hydrogen-bond donors (Lipinski definition) is 2. The highest BCUT2D eigenvalue weighted by atomic mass is 15.3. The first-order chi connectivity index (χ1) is 18.0. The molecule has 0 saturated carbocycles. The molecule has 0 unspecified atom stereocenters. The van der Waals surface area contributed by atoms with E-state index in [-0.39, 0.29) is 7.43 Å². The van der Waals surface area contributed by atoms with Crippen LogP contribution in [0.2, 0.25) is 0 Å². The van der Waals surface area contributed by atoms with Gasteiger partial charge in [0.2, 0.25) is 0 Å². The van der Waals surface area contributed by atoms with Crippen molar-refractivity contribution in [3.8, 4) is 12.1 Å². The third kappa shape index (κ3) is 5.25. The van der Waals surface area contributed by atoms with Gasteiger partial charge in [-0.15, -0.1) is 0 Å². The van der Waals surface area contributed by atoms with E-state index in [1.807, 2.05) is 67.7 Å². The first-order valence-electron chi connectivity index (χ1n) is 11.6. The Hall–Kier alpha value is -5.34. The molecule has 3 aromatic carbocycles.